The number of halogens is 1. The van der Waals surface area contributed by atoms with E-state index >= 15 is 0 Å². The van der Waals surface area contributed by atoms with Gasteiger partial charge in [-0.1, -0.05) is 12.7 Å². The third-order valence-electron chi connectivity index (χ3n) is 5.54. The van der Waals surface area contributed by atoms with E-state index in [1.54, 1.807) is 38.3 Å². The Hall–Kier alpha value is -3.53. The van der Waals surface area contributed by atoms with Gasteiger partial charge in [0.15, 0.2) is 0 Å². The Morgan fingerprint density at radius 1 is 1.31 bits per heavy atom. The molecule has 1 aromatic heterocycles. The number of hydrogen-bond donors (Lipinski definition) is 1. The predicted molar refractivity (Wildman–Crippen MR) is 129 cm³/mol. The van der Waals surface area contributed by atoms with Gasteiger partial charge in [0.05, 0.1) is 11.7 Å². The maximum atomic E-state index is 13.3. The van der Waals surface area contributed by atoms with Gasteiger partial charge in [-0.3, -0.25) is 9.69 Å². The highest BCUT2D eigenvalue weighted by Gasteiger charge is 2.54. The van der Waals surface area contributed by atoms with Crippen LogP contribution in [0.25, 0.3) is 16.1 Å². The van der Waals surface area contributed by atoms with E-state index in [1.165, 1.54) is 34.4 Å². The van der Waals surface area contributed by atoms with Gasteiger partial charge in [0.1, 0.15) is 34.8 Å². The number of allylic oxidation sites excluding steroid dienone is 1. The number of esters is 1. The van der Waals surface area contributed by atoms with Crippen LogP contribution in [-0.2, 0) is 19.1 Å². The van der Waals surface area contributed by atoms with Crippen molar-refractivity contribution in [1.82, 2.24) is 15.2 Å². The molecule has 2 aliphatic rings. The fourth-order valence-electron chi connectivity index (χ4n) is 4.08. The van der Waals surface area contributed by atoms with Crippen LogP contribution in [0.4, 0.5) is 9.18 Å². The smallest absolute Gasteiger partial charge is 0.408 e. The first-order chi connectivity index (χ1) is 16.6. The number of fused-ring (bicyclic) bond motifs is 1. The summed E-state index contributed by atoms with van der Waals surface area (Å²) in [5.74, 6) is -1.42. The normalized spacial score (nSPS) is 19.5. The molecule has 0 saturated carbocycles. The molecule has 3 heterocycles. The Kier molecular flexibility index (Phi) is 6.75. The van der Waals surface area contributed by atoms with Crippen LogP contribution in [0.2, 0.25) is 0 Å². The topological polar surface area (TPSA) is 97.8 Å². The number of ether oxygens (including phenoxy) is 2. The van der Waals surface area contributed by atoms with Gasteiger partial charge in [-0.25, -0.2) is 19.0 Å². The molecule has 0 aliphatic carbocycles. The van der Waals surface area contributed by atoms with Gasteiger partial charge in [0.25, 0.3) is 5.91 Å². The zero-order valence-electron chi connectivity index (χ0n) is 19.7. The van der Waals surface area contributed by atoms with Crippen molar-refractivity contribution in [2.75, 3.05) is 6.61 Å². The van der Waals surface area contributed by atoms with Gasteiger partial charge < -0.3 is 14.8 Å². The first kappa shape index (κ1) is 24.6. The van der Waals surface area contributed by atoms with E-state index in [2.05, 4.69) is 16.9 Å². The minimum Gasteiger partial charge on any atom is -0.457 e. The quantitative estimate of drug-likeness (QED) is 0.362. The number of alkyl carbamates (subject to hydrolysis) is 1. The fraction of sp³-hybridized carbons (Fsp3) is 0.360. The summed E-state index contributed by atoms with van der Waals surface area (Å²) >= 11 is 1.36. The van der Waals surface area contributed by atoms with Crippen molar-refractivity contribution in [3.63, 3.8) is 0 Å². The summed E-state index contributed by atoms with van der Waals surface area (Å²) in [7, 11) is 0. The summed E-state index contributed by atoms with van der Waals surface area (Å²) in [6.07, 6.45) is 1.72. The second kappa shape index (κ2) is 9.61. The minimum absolute atomic E-state index is 0.0141. The average molecular weight is 500 g/mol. The molecule has 10 heteroatoms. The molecule has 0 radical (unpaired) electrons. The van der Waals surface area contributed by atoms with Crippen molar-refractivity contribution in [3.8, 4) is 10.6 Å². The molecule has 4 rings (SSSR count). The van der Waals surface area contributed by atoms with E-state index in [0.717, 1.165) is 5.56 Å². The molecule has 184 valence electrons. The molecular weight excluding hydrogens is 473 g/mol. The second-order valence-electron chi connectivity index (χ2n) is 9.20. The number of carbonyl (C=O) groups is 3. The van der Waals surface area contributed by atoms with E-state index in [4.69, 9.17) is 9.47 Å². The van der Waals surface area contributed by atoms with Crippen LogP contribution in [0.15, 0.2) is 48.0 Å². The zero-order valence-corrected chi connectivity index (χ0v) is 20.5. The van der Waals surface area contributed by atoms with Gasteiger partial charge in [-0.05, 0) is 57.9 Å². The SMILES string of the molecule is C=CCOC(=O)C1=C(c2csc(-c3ccc(F)cc3)n2)CC[C@@H]2[C@H](NC(=O)OC(C)(C)C)C(=O)N12. The van der Waals surface area contributed by atoms with Gasteiger partial charge in [0.2, 0.25) is 0 Å². The Morgan fingerprint density at radius 3 is 2.69 bits per heavy atom. The number of hydrogen-bond acceptors (Lipinski definition) is 7. The highest BCUT2D eigenvalue weighted by molar-refractivity contribution is 7.13. The van der Waals surface area contributed by atoms with Crippen molar-refractivity contribution in [3.05, 3.63) is 59.5 Å². The zero-order chi connectivity index (χ0) is 25.3. The van der Waals surface area contributed by atoms with Gasteiger partial charge >= 0.3 is 12.1 Å². The lowest BCUT2D eigenvalue weighted by Crippen LogP contribution is -2.71. The van der Waals surface area contributed by atoms with E-state index < -0.39 is 35.7 Å². The number of rotatable bonds is 6. The monoisotopic (exact) mass is 499 g/mol. The third kappa shape index (κ3) is 5.12. The van der Waals surface area contributed by atoms with Crippen molar-refractivity contribution < 1.29 is 28.2 Å². The standard InChI is InChI=1S/C25H26FN3O5S/c1-5-12-33-23(31)20-16(17-13-35-21(27-17)14-6-8-15(26)9-7-14)10-11-18-19(22(30)29(18)20)28-24(32)34-25(2,3)4/h5-9,13,18-19H,1,10-12H2,2-4H3,(H,28,32)/t18-,19+/m1/s1. The molecule has 1 aromatic carbocycles. The van der Waals surface area contributed by atoms with Crippen LogP contribution in [-0.4, -0.2) is 52.1 Å². The number of thiazole rings is 1. The summed E-state index contributed by atoms with van der Waals surface area (Å²) < 4.78 is 23.9. The summed E-state index contributed by atoms with van der Waals surface area (Å²) in [5.41, 5.74) is 1.29. The molecule has 0 spiro atoms. The number of nitrogens with zero attached hydrogens (tertiary/aromatic N) is 2. The van der Waals surface area contributed by atoms with Crippen LogP contribution in [0, 0.1) is 5.82 Å². The van der Waals surface area contributed by atoms with E-state index in [0.29, 0.717) is 29.1 Å². The molecule has 35 heavy (non-hydrogen) atoms. The number of nitrogens with one attached hydrogen (secondary N) is 1. The summed E-state index contributed by atoms with van der Waals surface area (Å²) in [4.78, 5) is 44.3. The fourth-order valence-corrected chi connectivity index (χ4v) is 4.92. The molecule has 2 aromatic rings. The first-order valence-electron chi connectivity index (χ1n) is 11.1. The highest BCUT2D eigenvalue weighted by Crippen LogP contribution is 2.42. The van der Waals surface area contributed by atoms with Crippen LogP contribution < -0.4 is 5.32 Å². The van der Waals surface area contributed by atoms with E-state index in [1.807, 2.05) is 0 Å². The third-order valence-corrected chi connectivity index (χ3v) is 6.43. The van der Waals surface area contributed by atoms with Crippen LogP contribution in [0.1, 0.15) is 39.3 Å². The Balaban J connectivity index is 1.63. The van der Waals surface area contributed by atoms with Crippen molar-refractivity contribution in [2.24, 2.45) is 0 Å². The number of β-lactam (4-membered cyclic amide) rings is 1. The van der Waals surface area contributed by atoms with Crippen LogP contribution >= 0.6 is 11.3 Å². The van der Waals surface area contributed by atoms with Crippen molar-refractivity contribution in [2.45, 2.75) is 51.3 Å². The molecule has 0 bridgehead atoms. The number of amides is 2. The Labute approximate surface area is 206 Å². The second-order valence-corrected chi connectivity index (χ2v) is 10.1. The van der Waals surface area contributed by atoms with Gasteiger partial charge in [-0.2, -0.15) is 0 Å². The van der Waals surface area contributed by atoms with Gasteiger partial charge in [0, 0.05) is 16.5 Å². The van der Waals surface area contributed by atoms with Gasteiger partial charge in [-0.15, -0.1) is 11.3 Å². The Morgan fingerprint density at radius 2 is 2.03 bits per heavy atom. The largest absolute Gasteiger partial charge is 0.457 e. The molecule has 1 saturated heterocycles. The lowest BCUT2D eigenvalue weighted by Gasteiger charge is -2.50. The lowest BCUT2D eigenvalue weighted by molar-refractivity contribution is -0.155. The molecule has 1 fully saturated rings. The molecule has 1 N–H and O–H groups in total. The van der Waals surface area contributed by atoms with Crippen molar-refractivity contribution >= 4 is 34.9 Å². The number of aromatic nitrogens is 1. The lowest BCUT2D eigenvalue weighted by atomic mass is 9.83. The molecule has 8 nitrogen and oxygen atoms in total. The molecular formula is C25H26FN3O5S. The maximum Gasteiger partial charge on any atom is 0.408 e. The summed E-state index contributed by atoms with van der Waals surface area (Å²) in [6, 6.07) is 4.78. The number of carbonyl (C=O) groups excluding carboxylic acids is 3. The number of benzene rings is 1. The molecule has 2 aliphatic heterocycles. The molecule has 2 amide bonds. The minimum atomic E-state index is -0.793. The van der Waals surface area contributed by atoms with Crippen molar-refractivity contribution in [1.29, 1.82) is 0 Å². The summed E-state index contributed by atoms with van der Waals surface area (Å²) in [6.45, 7) is 8.75. The average Bonchev–Trinajstić information content (AvgIpc) is 3.29. The van der Waals surface area contributed by atoms with Crippen LogP contribution in [0.5, 0.6) is 0 Å². The summed E-state index contributed by atoms with van der Waals surface area (Å²) in [5, 5.41) is 5.08. The van der Waals surface area contributed by atoms with Crippen LogP contribution in [0.3, 0.4) is 0 Å². The molecule has 2 atom stereocenters. The van der Waals surface area contributed by atoms with E-state index in [9.17, 15) is 18.8 Å². The predicted octanol–water partition coefficient (Wildman–Crippen LogP) is 4.29. The molecule has 0 unspecified atom stereocenters. The van der Waals surface area contributed by atoms with E-state index in [-0.39, 0.29) is 18.1 Å². The Bertz CT molecular complexity index is 1200. The highest BCUT2D eigenvalue weighted by atomic mass is 32.1. The maximum absolute atomic E-state index is 13.3. The first-order valence-corrected chi connectivity index (χ1v) is 12.0.